The summed E-state index contributed by atoms with van der Waals surface area (Å²) in [5, 5.41) is 8.57. The molecular weight excluding hydrogens is 208 g/mol. The minimum atomic E-state index is -1.04. The molecule has 0 aliphatic heterocycles. The van der Waals surface area contributed by atoms with Crippen molar-refractivity contribution >= 4 is 5.97 Å². The Hall–Kier alpha value is -1.65. The highest BCUT2D eigenvalue weighted by Crippen LogP contribution is 2.18. The van der Waals surface area contributed by atoms with E-state index >= 15 is 0 Å². The smallest absolute Gasteiger partial charge is 0.323 e. The molecule has 0 amide bonds. The van der Waals surface area contributed by atoms with Crippen molar-refractivity contribution < 1.29 is 9.90 Å². The van der Waals surface area contributed by atoms with Crippen LogP contribution in [0.2, 0.25) is 0 Å². The van der Waals surface area contributed by atoms with Crippen LogP contribution in [0.15, 0.2) is 17.2 Å². The summed E-state index contributed by atoms with van der Waals surface area (Å²) >= 11 is 0. The van der Waals surface area contributed by atoms with Gasteiger partial charge in [0.25, 0.3) is 5.56 Å². The van der Waals surface area contributed by atoms with Crippen LogP contribution in [0.4, 0.5) is 0 Å². The summed E-state index contributed by atoms with van der Waals surface area (Å²) in [6.07, 6.45) is 3.15. The summed E-state index contributed by atoms with van der Waals surface area (Å²) in [5.41, 5.74) is 0.441. The van der Waals surface area contributed by atoms with Crippen molar-refractivity contribution in [3.63, 3.8) is 0 Å². The van der Waals surface area contributed by atoms with Crippen LogP contribution in [0.3, 0.4) is 0 Å². The maximum atomic E-state index is 11.6. The third-order valence-electron chi connectivity index (χ3n) is 2.61. The Bertz CT molecular complexity index is 421. The zero-order valence-electron chi connectivity index (χ0n) is 9.51. The largest absolute Gasteiger partial charge is 0.480 e. The van der Waals surface area contributed by atoms with Gasteiger partial charge in [-0.05, 0) is 12.8 Å². The van der Waals surface area contributed by atoms with E-state index in [0.29, 0.717) is 0 Å². The fourth-order valence-electron chi connectivity index (χ4n) is 1.63. The molecule has 0 saturated carbocycles. The number of hydrogen-bond donors (Lipinski definition) is 1. The summed E-state index contributed by atoms with van der Waals surface area (Å²) in [7, 11) is 0. The summed E-state index contributed by atoms with van der Waals surface area (Å²) in [6.45, 7) is 3.74. The highest BCUT2D eigenvalue weighted by Gasteiger charge is 2.10. The fraction of sp³-hybridized carbons (Fsp3) is 0.545. The van der Waals surface area contributed by atoms with Gasteiger partial charge >= 0.3 is 5.97 Å². The maximum Gasteiger partial charge on any atom is 0.323 e. The number of carboxylic acids is 1. The van der Waals surface area contributed by atoms with Crippen LogP contribution >= 0.6 is 0 Å². The predicted octanol–water partition coefficient (Wildman–Crippen LogP) is 1.23. The average molecular weight is 224 g/mol. The van der Waals surface area contributed by atoms with Crippen molar-refractivity contribution in [2.24, 2.45) is 0 Å². The number of carbonyl (C=O) groups is 1. The third kappa shape index (κ3) is 2.92. The van der Waals surface area contributed by atoms with Gasteiger partial charge in [-0.3, -0.25) is 14.2 Å². The number of aromatic nitrogens is 2. The van der Waals surface area contributed by atoms with E-state index in [1.807, 2.05) is 13.8 Å². The van der Waals surface area contributed by atoms with E-state index in [4.69, 9.17) is 5.11 Å². The quantitative estimate of drug-likeness (QED) is 0.816. The monoisotopic (exact) mass is 224 g/mol. The van der Waals surface area contributed by atoms with Gasteiger partial charge in [-0.1, -0.05) is 13.8 Å². The van der Waals surface area contributed by atoms with Crippen LogP contribution in [-0.4, -0.2) is 20.6 Å². The fourth-order valence-corrected chi connectivity index (χ4v) is 1.63. The van der Waals surface area contributed by atoms with E-state index < -0.39 is 5.97 Å². The van der Waals surface area contributed by atoms with Crippen LogP contribution in [0.1, 0.15) is 38.3 Å². The van der Waals surface area contributed by atoms with Gasteiger partial charge in [0.2, 0.25) is 0 Å². The zero-order chi connectivity index (χ0) is 12.1. The summed E-state index contributed by atoms with van der Waals surface area (Å²) in [6, 6.07) is 1.43. The molecule has 1 aromatic rings. The van der Waals surface area contributed by atoms with Crippen molar-refractivity contribution in [2.75, 3.05) is 0 Å². The molecule has 1 N–H and O–H groups in total. The molecule has 1 rings (SSSR count). The molecule has 0 atom stereocenters. The number of carboxylic acid groups (broad SMARTS) is 1. The second-order valence-electron chi connectivity index (χ2n) is 3.69. The van der Waals surface area contributed by atoms with Gasteiger partial charge in [0.1, 0.15) is 6.54 Å². The second kappa shape index (κ2) is 5.44. The lowest BCUT2D eigenvalue weighted by Gasteiger charge is -2.11. The molecular formula is C11H16N2O3. The van der Waals surface area contributed by atoms with Crippen LogP contribution < -0.4 is 5.56 Å². The van der Waals surface area contributed by atoms with E-state index in [9.17, 15) is 9.59 Å². The topological polar surface area (TPSA) is 72.2 Å². The Kier molecular flexibility index (Phi) is 4.22. The van der Waals surface area contributed by atoms with Gasteiger partial charge in [-0.25, -0.2) is 4.98 Å². The number of hydrogen-bond acceptors (Lipinski definition) is 3. The van der Waals surface area contributed by atoms with Crippen LogP contribution in [-0.2, 0) is 11.3 Å². The van der Waals surface area contributed by atoms with Crippen molar-refractivity contribution in [3.8, 4) is 0 Å². The molecule has 0 bridgehead atoms. The van der Waals surface area contributed by atoms with E-state index in [1.54, 1.807) is 0 Å². The molecule has 0 aromatic carbocycles. The predicted molar refractivity (Wildman–Crippen MR) is 59.5 cm³/mol. The molecule has 0 aliphatic rings. The molecule has 0 spiro atoms. The van der Waals surface area contributed by atoms with Crippen molar-refractivity contribution in [1.82, 2.24) is 9.55 Å². The normalized spacial score (nSPS) is 10.7. The van der Waals surface area contributed by atoms with Gasteiger partial charge in [0, 0.05) is 12.0 Å². The Morgan fingerprint density at radius 2 is 2.12 bits per heavy atom. The molecule has 88 valence electrons. The number of nitrogens with zero attached hydrogens (tertiary/aromatic N) is 2. The molecule has 1 aromatic heterocycles. The third-order valence-corrected chi connectivity index (χ3v) is 2.61. The Balaban J connectivity index is 2.99. The lowest BCUT2D eigenvalue weighted by Crippen LogP contribution is -2.24. The molecule has 5 heteroatoms. The molecule has 1 heterocycles. The molecule has 0 unspecified atom stereocenters. The van der Waals surface area contributed by atoms with Crippen molar-refractivity contribution in [3.05, 3.63) is 28.4 Å². The number of aliphatic carboxylic acids is 1. The van der Waals surface area contributed by atoms with Crippen LogP contribution in [0, 0.1) is 0 Å². The first-order chi connectivity index (χ1) is 7.58. The zero-order valence-corrected chi connectivity index (χ0v) is 9.51. The minimum absolute atomic E-state index is 0.271. The van der Waals surface area contributed by atoms with Gasteiger partial charge in [-0.2, -0.15) is 0 Å². The SMILES string of the molecule is CCC(CC)c1cc(=O)n(CC(=O)O)cn1. The maximum absolute atomic E-state index is 11.6. The van der Waals surface area contributed by atoms with Gasteiger partial charge in [-0.15, -0.1) is 0 Å². The summed E-state index contributed by atoms with van der Waals surface area (Å²) in [4.78, 5) is 26.2. The molecule has 0 aliphatic carbocycles. The van der Waals surface area contributed by atoms with E-state index in [-0.39, 0.29) is 18.0 Å². The van der Waals surface area contributed by atoms with Gasteiger partial charge < -0.3 is 5.11 Å². The Labute approximate surface area is 93.8 Å². The molecule has 0 radical (unpaired) electrons. The standard InChI is InChI=1S/C11H16N2O3/c1-3-8(4-2)9-5-10(14)13(7-12-9)6-11(15)16/h5,7-8H,3-4,6H2,1-2H3,(H,15,16). The molecule has 0 saturated heterocycles. The van der Waals surface area contributed by atoms with E-state index in [0.717, 1.165) is 23.1 Å². The minimum Gasteiger partial charge on any atom is -0.480 e. The lowest BCUT2D eigenvalue weighted by atomic mass is 9.99. The highest BCUT2D eigenvalue weighted by atomic mass is 16.4. The average Bonchev–Trinajstić information content (AvgIpc) is 2.23. The summed E-state index contributed by atoms with van der Waals surface area (Å²) in [5.74, 6) is -0.772. The highest BCUT2D eigenvalue weighted by molar-refractivity contribution is 5.66. The first-order valence-corrected chi connectivity index (χ1v) is 5.36. The molecule has 0 fully saturated rings. The van der Waals surface area contributed by atoms with E-state index in [1.165, 1.54) is 12.4 Å². The van der Waals surface area contributed by atoms with Gasteiger partial charge in [0.05, 0.1) is 12.0 Å². The molecule has 5 nitrogen and oxygen atoms in total. The van der Waals surface area contributed by atoms with E-state index in [2.05, 4.69) is 4.98 Å². The van der Waals surface area contributed by atoms with Crippen molar-refractivity contribution in [2.45, 2.75) is 39.2 Å². The van der Waals surface area contributed by atoms with Crippen LogP contribution in [0.5, 0.6) is 0 Å². The van der Waals surface area contributed by atoms with Crippen molar-refractivity contribution in [1.29, 1.82) is 0 Å². The first-order valence-electron chi connectivity index (χ1n) is 5.36. The second-order valence-corrected chi connectivity index (χ2v) is 3.69. The van der Waals surface area contributed by atoms with Gasteiger partial charge in [0.15, 0.2) is 0 Å². The Morgan fingerprint density at radius 3 is 2.56 bits per heavy atom. The molecule has 16 heavy (non-hydrogen) atoms. The van der Waals surface area contributed by atoms with Crippen LogP contribution in [0.25, 0.3) is 0 Å². The lowest BCUT2D eigenvalue weighted by molar-refractivity contribution is -0.137. The first kappa shape index (κ1) is 12.4. The summed E-state index contributed by atoms with van der Waals surface area (Å²) < 4.78 is 1.09. The number of rotatable bonds is 5. The Morgan fingerprint density at radius 1 is 1.50 bits per heavy atom.